The van der Waals surface area contributed by atoms with Gasteiger partial charge in [0.2, 0.25) is 0 Å². The van der Waals surface area contributed by atoms with E-state index in [2.05, 4.69) is 0 Å². The van der Waals surface area contributed by atoms with Crippen molar-refractivity contribution in [3.63, 3.8) is 0 Å². The molecule has 0 atom stereocenters. The van der Waals surface area contributed by atoms with Gasteiger partial charge < -0.3 is 10.2 Å². The quantitative estimate of drug-likeness (QED) is 0.416. The Bertz CT molecular complexity index is 80.0. The molecule has 2 N–H and O–H groups in total. The predicted octanol–water partition coefficient (Wildman–Crippen LogP) is -1.50. The normalized spacial score (nSPS) is 5.50. The van der Waals surface area contributed by atoms with E-state index in [1.807, 2.05) is 0 Å². The van der Waals surface area contributed by atoms with Crippen LogP contribution in [0.2, 0.25) is 0 Å². The maximum atomic E-state index is 9.10. The third kappa shape index (κ3) is 10.6. The first kappa shape index (κ1) is 16.4. The van der Waals surface area contributed by atoms with Gasteiger partial charge in [0, 0.05) is 21.7 Å². The third-order valence-corrected chi connectivity index (χ3v) is 0.183. The Morgan fingerprint density at radius 1 is 1.00 bits per heavy atom. The summed E-state index contributed by atoms with van der Waals surface area (Å²) in [5.41, 5.74) is 0. The van der Waals surface area contributed by atoms with E-state index in [1.54, 1.807) is 0 Å². The summed E-state index contributed by atoms with van der Waals surface area (Å²) in [5.74, 6) is -3.65. The fraction of sp³-hybridized carbons (Fsp3) is 0. The molecule has 0 saturated carbocycles. The maximum absolute atomic E-state index is 9.10. The smallest absolute Gasteiger partial charge is 0 e. The average molecular weight is 272 g/mol. The van der Waals surface area contributed by atoms with Crippen molar-refractivity contribution in [2.75, 3.05) is 0 Å². The maximum Gasteiger partial charge on any atom is 0 e. The zero-order chi connectivity index (χ0) is 5.15. The monoisotopic (exact) mass is 272 g/mol. The van der Waals surface area contributed by atoms with Crippen LogP contribution in [0.5, 0.6) is 0 Å². The van der Waals surface area contributed by atoms with Gasteiger partial charge in [-0.1, -0.05) is 0 Å². The molecular weight excluding hydrogens is 269 g/mol. The molecular formula is C2H3CsO4Ti. The Morgan fingerprint density at radius 2 is 1.12 bits per heavy atom. The van der Waals surface area contributed by atoms with Gasteiger partial charge >= 0.3 is 80.8 Å². The third-order valence-electron chi connectivity index (χ3n) is 0.183. The van der Waals surface area contributed by atoms with Gasteiger partial charge in [-0.25, -0.2) is 9.59 Å². The second-order valence-corrected chi connectivity index (χ2v) is 0.610. The first-order valence-electron chi connectivity index (χ1n) is 1.11. The second kappa shape index (κ2) is 8.71. The molecule has 40 valence electrons. The molecule has 0 fully saturated rings. The minimum Gasteiger partial charge on any atom is 0 e. The predicted molar refractivity (Wildman–Crippen MR) is 22.4 cm³/mol. The van der Waals surface area contributed by atoms with Crippen LogP contribution in [0.3, 0.4) is 0 Å². The molecule has 8 heavy (non-hydrogen) atoms. The van der Waals surface area contributed by atoms with Crippen LogP contribution in [0.25, 0.3) is 0 Å². The van der Waals surface area contributed by atoms with Crippen LogP contribution in [0.15, 0.2) is 0 Å². The van der Waals surface area contributed by atoms with Crippen LogP contribution in [-0.2, 0) is 31.3 Å². The SMILES string of the molecule is O=C(O)C(=O)O.[CsH].[Ti]. The molecule has 0 rings (SSSR count). The van der Waals surface area contributed by atoms with Crippen LogP contribution in [-0.4, -0.2) is 91.0 Å². The summed E-state index contributed by atoms with van der Waals surface area (Å²) in [6, 6.07) is 0. The van der Waals surface area contributed by atoms with Gasteiger partial charge in [0.05, 0.1) is 0 Å². The van der Waals surface area contributed by atoms with Crippen LogP contribution >= 0.6 is 0 Å². The molecule has 4 nitrogen and oxygen atoms in total. The number of hydrogen-bond donors (Lipinski definition) is 2. The molecule has 0 unspecified atom stereocenters. The van der Waals surface area contributed by atoms with E-state index in [-0.39, 0.29) is 90.6 Å². The molecule has 0 radical (unpaired) electrons. The zero-order valence-electron chi connectivity index (χ0n) is 3.21. The Labute approximate surface area is 119 Å². The van der Waals surface area contributed by atoms with Crippen molar-refractivity contribution in [1.29, 1.82) is 0 Å². The van der Waals surface area contributed by atoms with Crippen LogP contribution in [0, 0.1) is 0 Å². The fourth-order valence-electron chi connectivity index (χ4n) is 0. The van der Waals surface area contributed by atoms with E-state index < -0.39 is 11.9 Å². The first-order chi connectivity index (χ1) is 2.64. The van der Waals surface area contributed by atoms with Gasteiger partial charge in [0.25, 0.3) is 0 Å². The van der Waals surface area contributed by atoms with E-state index in [1.165, 1.54) is 0 Å². The molecule has 0 aromatic heterocycles. The van der Waals surface area contributed by atoms with Gasteiger partial charge in [0.15, 0.2) is 0 Å². The van der Waals surface area contributed by atoms with E-state index >= 15 is 0 Å². The summed E-state index contributed by atoms with van der Waals surface area (Å²) in [6.07, 6.45) is 0. The molecule has 0 spiro atoms. The van der Waals surface area contributed by atoms with Crippen molar-refractivity contribution in [3.05, 3.63) is 0 Å². The van der Waals surface area contributed by atoms with E-state index in [9.17, 15) is 0 Å². The van der Waals surface area contributed by atoms with Crippen molar-refractivity contribution in [2.45, 2.75) is 0 Å². The van der Waals surface area contributed by atoms with E-state index in [0.29, 0.717) is 0 Å². The summed E-state index contributed by atoms with van der Waals surface area (Å²) in [6.45, 7) is 0. The number of hydrogen-bond acceptors (Lipinski definition) is 2. The molecule has 0 aliphatic rings. The van der Waals surface area contributed by atoms with Gasteiger partial charge in [-0.15, -0.1) is 0 Å². The number of rotatable bonds is 0. The molecule has 0 saturated heterocycles. The summed E-state index contributed by atoms with van der Waals surface area (Å²) < 4.78 is 0. The molecule has 0 bridgehead atoms. The molecule has 0 aromatic rings. The topological polar surface area (TPSA) is 74.6 Å². The number of carbonyl (C=O) groups is 2. The molecule has 0 amide bonds. The minimum atomic E-state index is -1.82. The van der Waals surface area contributed by atoms with Crippen molar-refractivity contribution < 1.29 is 41.5 Å². The largest absolute Gasteiger partial charge is 0 e. The van der Waals surface area contributed by atoms with Crippen LogP contribution in [0.4, 0.5) is 0 Å². The Balaban J connectivity index is -0.000000125. The Morgan fingerprint density at radius 3 is 1.12 bits per heavy atom. The summed E-state index contributed by atoms with van der Waals surface area (Å²) in [5, 5.41) is 14.8. The average Bonchev–Trinajstić information content (AvgIpc) is 1.36. The number of carboxylic acids is 2. The van der Waals surface area contributed by atoms with Gasteiger partial charge in [-0.05, 0) is 0 Å². The van der Waals surface area contributed by atoms with Crippen molar-refractivity contribution >= 4 is 80.8 Å². The Hall–Kier alpha value is 1.71. The second-order valence-electron chi connectivity index (χ2n) is 0.610. The summed E-state index contributed by atoms with van der Waals surface area (Å²) in [7, 11) is 0. The minimum absolute atomic E-state index is 0. The van der Waals surface area contributed by atoms with Crippen molar-refractivity contribution in [2.24, 2.45) is 0 Å². The van der Waals surface area contributed by atoms with Gasteiger partial charge in [-0.2, -0.15) is 0 Å². The number of carboxylic acid groups (broad SMARTS) is 2. The fourth-order valence-corrected chi connectivity index (χ4v) is 0. The van der Waals surface area contributed by atoms with Crippen LogP contribution < -0.4 is 0 Å². The molecule has 0 aliphatic heterocycles. The molecule has 6 heteroatoms. The van der Waals surface area contributed by atoms with E-state index in [4.69, 9.17) is 19.8 Å². The standard InChI is InChI=1S/C2H2O4.Cs.Ti.H/c3-1(4)2(5)6;;;/h(H,3,4)(H,5,6);;;. The van der Waals surface area contributed by atoms with Gasteiger partial charge in [-0.3, -0.25) is 0 Å². The van der Waals surface area contributed by atoms with E-state index in [0.717, 1.165) is 0 Å². The first-order valence-corrected chi connectivity index (χ1v) is 1.11. The molecule has 0 heterocycles. The van der Waals surface area contributed by atoms with Crippen molar-refractivity contribution in [1.82, 2.24) is 0 Å². The zero-order valence-corrected chi connectivity index (χ0v) is 4.77. The van der Waals surface area contributed by atoms with Crippen LogP contribution in [0.1, 0.15) is 0 Å². The molecule has 0 aliphatic carbocycles. The number of aliphatic carboxylic acids is 2. The Kier molecular flexibility index (Phi) is 17.8. The summed E-state index contributed by atoms with van der Waals surface area (Å²) >= 11 is 0. The van der Waals surface area contributed by atoms with Gasteiger partial charge in [0.1, 0.15) is 0 Å². The molecule has 0 aromatic carbocycles. The van der Waals surface area contributed by atoms with Crippen molar-refractivity contribution in [3.8, 4) is 0 Å². The summed E-state index contributed by atoms with van der Waals surface area (Å²) in [4.78, 5) is 18.2.